The Bertz CT molecular complexity index is 3570. The zero-order valence-corrected chi connectivity index (χ0v) is 76.3. The molecule has 115 heavy (non-hydrogen) atoms. The van der Waals surface area contributed by atoms with Crippen molar-refractivity contribution < 1.29 is 65.9 Å². The number of hydrogen-bond acceptors (Lipinski definition) is 14. The maximum atomic E-state index is 11.1. The molecule has 14 nitrogen and oxygen atoms in total. The van der Waals surface area contributed by atoms with Crippen LogP contribution in [0, 0.1) is 0 Å². The minimum Gasteiger partial charge on any atom is -0.469 e. The van der Waals surface area contributed by atoms with Crippen molar-refractivity contribution in [2.75, 3.05) is 27.4 Å². The molecule has 1 heterocycles. The minimum absolute atomic E-state index is 0. The maximum absolute atomic E-state index is 11.1. The van der Waals surface area contributed by atoms with Crippen molar-refractivity contribution in [1.82, 2.24) is 0 Å². The Hall–Kier alpha value is -6.80. The molecule has 0 radical (unpaired) electrons. The molecule has 2 N–H and O–H groups in total. The van der Waals surface area contributed by atoms with Crippen LogP contribution in [-0.2, 0) is 55.7 Å². The van der Waals surface area contributed by atoms with Crippen molar-refractivity contribution in [3.8, 4) is 0 Å². The summed E-state index contributed by atoms with van der Waals surface area (Å²) in [5.74, 6) is -0.409. The fourth-order valence-corrected chi connectivity index (χ4v) is 13.4. The van der Waals surface area contributed by atoms with Crippen LogP contribution in [0.3, 0.4) is 0 Å². The highest BCUT2D eigenvalue weighted by molar-refractivity contribution is 7.79. The lowest BCUT2D eigenvalue weighted by atomic mass is 10.0. The third kappa shape index (κ3) is 55.5. The van der Waals surface area contributed by atoms with Gasteiger partial charge in [0.2, 0.25) is 0 Å². The maximum Gasteiger partial charge on any atom is 0.305 e. The SMILES string of the molecule is C.CC.CC.CC.CC.CCC(OP)C(OP)c1ccccc1.COC(=O)CC/C=C\CC(/C=C/C=C\C=C\C=C\C(OP)C(OP)c1ccccc1)OP.COC(=O)CC/C=C\CC(/C=C/C=C\C=C\C=O)OP.OC/C=C/c1ccccc1.OCC1OC1c1ccccc1.c1ccc(P(c2ccccc2)c2ccccc2)cc1. The van der Waals surface area contributed by atoms with E-state index in [9.17, 15) is 14.4 Å². The standard InChI is InChI=1S/C24H33O5P3.C18H15P.C15H21O4P.C10H16O2P2.C9H10O2.C9H10O.4C2H6.CH4/c1-26-23(25)19-13-7-11-17-21(27-30)16-10-4-2-3-5-12-18-22(28-31)24(29-32)20-14-8-6-9-15-20;1-4-10-16(11-5-1)19(17-12-6-2-7-13-17)18-14-8-3-9-15-18;1-18-15(17)12-8-5-7-11-14(19-20)10-6-3-2-4-9-13-16;1-2-9(11-13)10(12-14)8-6-4-3-5-7-8;10-6-8-9(11-8)7-4-2-1-3-5-7;10-8-4-7-9-5-2-1-3-6-9;4*1-2;/h2-12,14-16,18,21-22,24H,13,17,19,30-32H2,1H3;1-15H;2-7,9-10,13-14H,8,11-12,20H2,1H3;3-7,9-10H,2,13-14H2,1H3;1-5,8-10H,6H2;1-7,10H,8H2;4*1-2H3;1H4/b4-2-,5-3+,11-7-,16-10+,18-12+;;3-2-,7-5-,9-4+,10-6+;;;7-4+;;;;;. The van der Waals surface area contributed by atoms with Crippen LogP contribution in [0.5, 0.6) is 0 Å². The Balaban J connectivity index is -0.00000133. The Labute approximate surface area is 707 Å². The number of epoxide rings is 1. The van der Waals surface area contributed by atoms with Gasteiger partial charge in [0.1, 0.15) is 36.8 Å². The molecular formula is C94H133O14P7. The average molecular weight is 1700 g/mol. The Morgan fingerprint density at radius 1 is 0.435 bits per heavy atom. The van der Waals surface area contributed by atoms with Crippen molar-refractivity contribution in [2.24, 2.45) is 0 Å². The molecule has 1 saturated heterocycles. The summed E-state index contributed by atoms with van der Waals surface area (Å²) < 4.78 is 46.6. The second-order valence-corrected chi connectivity index (χ2v) is 26.3. The van der Waals surface area contributed by atoms with E-state index in [1.165, 1.54) is 36.2 Å². The molecule has 14 unspecified atom stereocenters. The number of allylic oxidation sites excluding steroid dienone is 13. The molecule has 1 aliphatic heterocycles. The molecule has 0 spiro atoms. The highest BCUT2D eigenvalue weighted by Crippen LogP contribution is 2.38. The number of methoxy groups -OCH3 is 2. The Kier molecular flexibility index (Phi) is 80.4. The first-order valence-corrected chi connectivity index (χ1v) is 42.6. The van der Waals surface area contributed by atoms with E-state index in [1.807, 2.05) is 274 Å². The number of aliphatic hydroxyl groups is 2. The van der Waals surface area contributed by atoms with Gasteiger partial charge in [-0.2, -0.15) is 0 Å². The van der Waals surface area contributed by atoms with Crippen LogP contribution >= 0.6 is 64.7 Å². The molecule has 1 fully saturated rings. The number of aliphatic hydroxyl groups excluding tert-OH is 2. The van der Waals surface area contributed by atoms with Gasteiger partial charge in [0.15, 0.2) is 0 Å². The largest absolute Gasteiger partial charge is 0.469 e. The molecule has 0 aromatic heterocycles. The van der Waals surface area contributed by atoms with E-state index < -0.39 is 7.92 Å². The van der Waals surface area contributed by atoms with Crippen LogP contribution in [0.2, 0.25) is 0 Å². The molecule has 0 saturated carbocycles. The van der Waals surface area contributed by atoms with Crippen LogP contribution in [-0.4, -0.2) is 86.4 Å². The number of ether oxygens (including phenoxy) is 3. The summed E-state index contributed by atoms with van der Waals surface area (Å²) in [6.07, 6.45) is 42.2. The Morgan fingerprint density at radius 2 is 0.791 bits per heavy atom. The third-order valence-electron chi connectivity index (χ3n) is 15.0. The quantitative estimate of drug-likeness (QED) is 0.00715. The van der Waals surface area contributed by atoms with Crippen LogP contribution in [0.15, 0.2) is 328 Å². The topological polar surface area (TPSA) is 178 Å². The first kappa shape index (κ1) is 112. The molecule has 14 atom stereocenters. The molecule has 628 valence electrons. The lowest BCUT2D eigenvalue weighted by molar-refractivity contribution is -0.141. The van der Waals surface area contributed by atoms with E-state index in [2.05, 4.69) is 164 Å². The predicted molar refractivity (Wildman–Crippen MR) is 510 cm³/mol. The van der Waals surface area contributed by atoms with Crippen molar-refractivity contribution in [3.63, 3.8) is 0 Å². The van der Waals surface area contributed by atoms with E-state index in [4.69, 9.17) is 42.1 Å². The van der Waals surface area contributed by atoms with Gasteiger partial charge in [-0.1, -0.05) is 398 Å². The molecule has 21 heteroatoms. The van der Waals surface area contributed by atoms with Crippen molar-refractivity contribution in [3.05, 3.63) is 350 Å². The van der Waals surface area contributed by atoms with Crippen molar-refractivity contribution >= 4 is 105 Å². The predicted octanol–water partition coefficient (Wildman–Crippen LogP) is 23.1. The van der Waals surface area contributed by atoms with Crippen LogP contribution in [0.25, 0.3) is 6.08 Å². The van der Waals surface area contributed by atoms with Gasteiger partial charge in [-0.15, -0.1) is 0 Å². The summed E-state index contributed by atoms with van der Waals surface area (Å²) in [4.78, 5) is 32.0. The first-order valence-electron chi connectivity index (χ1n) is 38.4. The minimum atomic E-state index is -0.446. The van der Waals surface area contributed by atoms with Gasteiger partial charge in [0.25, 0.3) is 0 Å². The van der Waals surface area contributed by atoms with E-state index in [0.29, 0.717) is 25.7 Å². The lowest BCUT2D eigenvalue weighted by Gasteiger charge is -2.23. The third-order valence-corrected chi connectivity index (χ3v) is 19.4. The monoisotopic (exact) mass is 1700 g/mol. The lowest BCUT2D eigenvalue weighted by Crippen LogP contribution is -2.20. The number of carbonyl (C=O) groups excluding carboxylic acids is 3. The van der Waals surface area contributed by atoms with Gasteiger partial charge in [0, 0.05) is 69.6 Å². The van der Waals surface area contributed by atoms with Gasteiger partial charge in [-0.25, -0.2) is 0 Å². The summed E-state index contributed by atoms with van der Waals surface area (Å²) >= 11 is 0. The molecule has 1 aliphatic rings. The second-order valence-electron chi connectivity index (χ2n) is 22.5. The molecular weight excluding hydrogens is 1570 g/mol. The fourth-order valence-electron chi connectivity index (χ4n) is 9.47. The van der Waals surface area contributed by atoms with E-state index in [1.54, 1.807) is 18.2 Å². The van der Waals surface area contributed by atoms with Crippen LogP contribution in [0.1, 0.15) is 155 Å². The second kappa shape index (κ2) is 82.3. The highest BCUT2D eigenvalue weighted by Gasteiger charge is 2.39. The van der Waals surface area contributed by atoms with Gasteiger partial charge in [0.05, 0.1) is 45.7 Å². The van der Waals surface area contributed by atoms with Gasteiger partial charge >= 0.3 is 11.9 Å². The number of rotatable bonds is 37. The number of carbonyl (C=O) groups is 3. The highest BCUT2D eigenvalue weighted by atomic mass is 31.1. The molecule has 0 aliphatic carbocycles. The zero-order valence-electron chi connectivity index (χ0n) is 68.5. The number of aldehydes is 1. The van der Waals surface area contributed by atoms with Gasteiger partial charge in [-0.05, 0) is 84.3 Å². The summed E-state index contributed by atoms with van der Waals surface area (Å²) in [5.41, 5.74) is 4.46. The van der Waals surface area contributed by atoms with Crippen molar-refractivity contribution in [1.29, 1.82) is 0 Å². The van der Waals surface area contributed by atoms with Crippen LogP contribution in [0.4, 0.5) is 0 Å². The van der Waals surface area contributed by atoms with Crippen LogP contribution < -0.4 is 15.9 Å². The number of benzene rings is 7. The molecule has 0 bridgehead atoms. The van der Waals surface area contributed by atoms with Gasteiger partial charge in [-0.3, -0.25) is 14.4 Å². The smallest absolute Gasteiger partial charge is 0.305 e. The first-order chi connectivity index (χ1) is 56.0. The number of esters is 2. The summed E-state index contributed by atoms with van der Waals surface area (Å²) in [6.45, 7) is 18.3. The Morgan fingerprint density at radius 3 is 1.12 bits per heavy atom. The molecule has 7 aromatic carbocycles. The normalized spacial score (nSPS) is 14.1. The van der Waals surface area contributed by atoms with E-state index in [-0.39, 0.29) is 81.4 Å². The van der Waals surface area contributed by atoms with Gasteiger partial charge < -0.3 is 51.6 Å². The summed E-state index contributed by atoms with van der Waals surface area (Å²) in [5, 5.41) is 21.3. The van der Waals surface area contributed by atoms with E-state index >= 15 is 0 Å². The van der Waals surface area contributed by atoms with Crippen molar-refractivity contribution in [2.45, 2.75) is 164 Å². The summed E-state index contributed by atoms with van der Waals surface area (Å²) in [7, 11) is 16.1. The molecule has 0 amide bonds. The van der Waals surface area contributed by atoms with E-state index in [0.717, 1.165) is 47.8 Å². The average Bonchev–Trinajstić information content (AvgIpc) is 1.39. The fraction of sp³-hybridized carbons (Fsp3) is 0.309. The molecule has 7 aromatic rings. The number of hydrogen-bond donors (Lipinski definition) is 2. The zero-order chi connectivity index (χ0) is 84.7. The summed E-state index contributed by atoms with van der Waals surface area (Å²) in [6, 6.07) is 72.2. The molecule has 8 rings (SSSR count).